The Balaban J connectivity index is 1.01. The number of anilines is 1. The third-order valence-electron chi connectivity index (χ3n) is 10.3. The van der Waals surface area contributed by atoms with E-state index in [0.29, 0.717) is 29.2 Å². The maximum atomic E-state index is 10.4. The Bertz CT molecular complexity index is 1580. The number of hydrogen-bond donors (Lipinski definition) is 3. The lowest BCUT2D eigenvalue weighted by Crippen LogP contribution is -2.65. The van der Waals surface area contributed by atoms with Gasteiger partial charge in [-0.2, -0.15) is 0 Å². The van der Waals surface area contributed by atoms with Crippen molar-refractivity contribution in [1.29, 1.82) is 0 Å². The number of benzene rings is 1. The number of rotatable bonds is 6. The molecule has 218 valence electrons. The molecular weight excluding hydrogens is 528 g/mol. The van der Waals surface area contributed by atoms with Crippen LogP contribution in [0.5, 0.6) is 5.75 Å². The molecule has 4 aliphatic rings. The second-order valence-electron chi connectivity index (χ2n) is 12.7. The molecule has 0 amide bonds. The summed E-state index contributed by atoms with van der Waals surface area (Å²) in [6.07, 6.45) is 10.0. The van der Waals surface area contributed by atoms with E-state index in [1.165, 1.54) is 57.4 Å². The van der Waals surface area contributed by atoms with E-state index >= 15 is 0 Å². The maximum absolute atomic E-state index is 10.4. The van der Waals surface area contributed by atoms with E-state index in [1.54, 1.807) is 19.2 Å². The second-order valence-corrected chi connectivity index (χ2v) is 12.7. The first kappa shape index (κ1) is 26.1. The summed E-state index contributed by atoms with van der Waals surface area (Å²) in [5, 5.41) is 23.8. The molecule has 1 spiro atoms. The number of aromatic amines is 1. The summed E-state index contributed by atoms with van der Waals surface area (Å²) < 4.78 is 5.73. The number of phenolic OH excluding ortho intramolecular Hbond substituents is 1. The van der Waals surface area contributed by atoms with Crippen molar-refractivity contribution in [1.82, 2.24) is 35.4 Å². The molecule has 0 radical (unpaired) electrons. The molecule has 0 bridgehead atoms. The van der Waals surface area contributed by atoms with Gasteiger partial charge in [0.1, 0.15) is 5.75 Å². The number of ether oxygens (including phenoxy) is 1. The van der Waals surface area contributed by atoms with E-state index < -0.39 is 0 Å². The van der Waals surface area contributed by atoms with Crippen LogP contribution in [-0.4, -0.2) is 87.6 Å². The monoisotopic (exact) mass is 566 g/mol. The summed E-state index contributed by atoms with van der Waals surface area (Å²) in [5.74, 6) is 1.44. The molecule has 1 aromatic carbocycles. The minimum Gasteiger partial charge on any atom is -0.507 e. The quantitative estimate of drug-likeness (QED) is 0.321. The lowest BCUT2D eigenvalue weighted by Gasteiger charge is -2.58. The number of phenols is 1. The van der Waals surface area contributed by atoms with Crippen LogP contribution in [0.2, 0.25) is 0 Å². The number of piperidine rings is 1. The maximum Gasteiger partial charge on any atom is 0.225 e. The van der Waals surface area contributed by atoms with Crippen LogP contribution in [0.25, 0.3) is 22.3 Å². The summed E-state index contributed by atoms with van der Waals surface area (Å²) in [6.45, 7) is 6.08. The largest absolute Gasteiger partial charge is 0.507 e. The number of likely N-dealkylation sites (tertiary alicyclic amines) is 1. The standard InChI is InChI=1S/C32H38N8O2/c1-42-17-27-29-24-12-26(23-4-2-3-5-28(23)41)37-38-30(24)36-25(29)8-11-40(27)31-34-15-21(16-35-31)20-6-9-39(10-7-20)22-13-32(14-22)18-33-19-32/h2-5,12,15-16,20,22,27,33,41H,6-11,13-14,17-19H2,1H3,(H,36,38)/t27-/m1/s1. The van der Waals surface area contributed by atoms with Crippen LogP contribution >= 0.6 is 0 Å². The number of H-pyrrole nitrogens is 1. The van der Waals surface area contributed by atoms with E-state index in [1.807, 2.05) is 18.2 Å². The molecule has 42 heavy (non-hydrogen) atoms. The zero-order valence-electron chi connectivity index (χ0n) is 24.1. The molecule has 8 rings (SSSR count). The summed E-state index contributed by atoms with van der Waals surface area (Å²) in [7, 11) is 1.73. The van der Waals surface area contributed by atoms with E-state index in [4.69, 9.17) is 14.7 Å². The second kappa shape index (κ2) is 10.3. The Hall–Kier alpha value is -3.60. The Morgan fingerprint density at radius 2 is 1.83 bits per heavy atom. The van der Waals surface area contributed by atoms with Gasteiger partial charge in [-0.3, -0.25) is 0 Å². The highest BCUT2D eigenvalue weighted by molar-refractivity contribution is 5.86. The zero-order chi connectivity index (χ0) is 28.3. The molecular formula is C32H38N8O2. The average Bonchev–Trinajstić information content (AvgIpc) is 3.35. The van der Waals surface area contributed by atoms with Gasteiger partial charge in [0.2, 0.25) is 5.95 Å². The highest BCUT2D eigenvalue weighted by Crippen LogP contribution is 2.47. The van der Waals surface area contributed by atoms with Crippen LogP contribution in [0.15, 0.2) is 42.7 Å². The number of aromatic hydroxyl groups is 1. The number of methoxy groups -OCH3 is 1. The highest BCUT2D eigenvalue weighted by Gasteiger charge is 2.50. The van der Waals surface area contributed by atoms with Gasteiger partial charge in [-0.15, -0.1) is 10.2 Å². The molecule has 3 aliphatic heterocycles. The van der Waals surface area contributed by atoms with Crippen molar-refractivity contribution in [3.05, 3.63) is 59.5 Å². The van der Waals surface area contributed by atoms with Crippen molar-refractivity contribution in [2.75, 3.05) is 51.3 Å². The summed E-state index contributed by atoms with van der Waals surface area (Å²) in [5.41, 5.74) is 6.21. The van der Waals surface area contributed by atoms with Crippen molar-refractivity contribution in [2.24, 2.45) is 5.41 Å². The third kappa shape index (κ3) is 4.35. The molecule has 6 heterocycles. The molecule has 2 saturated heterocycles. The predicted octanol–water partition coefficient (Wildman–Crippen LogP) is 3.80. The van der Waals surface area contributed by atoms with Crippen molar-refractivity contribution in [2.45, 2.75) is 50.1 Å². The highest BCUT2D eigenvalue weighted by atomic mass is 16.5. The lowest BCUT2D eigenvalue weighted by molar-refractivity contribution is -0.0432. The van der Waals surface area contributed by atoms with Crippen molar-refractivity contribution < 1.29 is 9.84 Å². The number of hydrogen-bond acceptors (Lipinski definition) is 9. The minimum atomic E-state index is -0.0698. The first-order chi connectivity index (χ1) is 20.6. The van der Waals surface area contributed by atoms with Gasteiger partial charge >= 0.3 is 0 Å². The third-order valence-corrected chi connectivity index (χ3v) is 10.3. The van der Waals surface area contributed by atoms with Crippen LogP contribution in [0.4, 0.5) is 5.95 Å². The molecule has 3 fully saturated rings. The fourth-order valence-electron chi connectivity index (χ4n) is 7.83. The van der Waals surface area contributed by atoms with Gasteiger partial charge in [0.25, 0.3) is 0 Å². The van der Waals surface area contributed by atoms with E-state index in [9.17, 15) is 5.11 Å². The number of para-hydroxylation sites is 1. The smallest absolute Gasteiger partial charge is 0.225 e. The van der Waals surface area contributed by atoms with Gasteiger partial charge in [-0.25, -0.2) is 9.97 Å². The molecule has 1 aliphatic carbocycles. The van der Waals surface area contributed by atoms with Crippen LogP contribution in [0.1, 0.15) is 54.5 Å². The lowest BCUT2D eigenvalue weighted by atomic mass is 9.61. The van der Waals surface area contributed by atoms with Crippen molar-refractivity contribution >= 4 is 17.0 Å². The first-order valence-corrected chi connectivity index (χ1v) is 15.3. The summed E-state index contributed by atoms with van der Waals surface area (Å²) in [4.78, 5) is 18.3. The SMILES string of the molecule is COC[C@@H]1c2c([nH]c3nnc(-c4ccccc4O)cc23)CCN1c1ncc(C2CCN(C3CC4(CNC4)C3)CC2)cn1. The van der Waals surface area contributed by atoms with Gasteiger partial charge in [-0.1, -0.05) is 12.1 Å². The molecule has 1 atom stereocenters. The minimum absolute atomic E-state index is 0.0698. The zero-order valence-corrected chi connectivity index (χ0v) is 24.1. The van der Waals surface area contributed by atoms with E-state index in [2.05, 4.69) is 42.7 Å². The molecule has 0 unspecified atom stereocenters. The molecule has 4 aromatic rings. The Kier molecular flexibility index (Phi) is 6.38. The van der Waals surface area contributed by atoms with Gasteiger partial charge < -0.3 is 29.9 Å². The fraction of sp³-hybridized carbons (Fsp3) is 0.500. The van der Waals surface area contributed by atoms with Crippen LogP contribution in [0.3, 0.4) is 0 Å². The van der Waals surface area contributed by atoms with Crippen molar-refractivity contribution in [3.8, 4) is 17.0 Å². The van der Waals surface area contributed by atoms with Gasteiger partial charge in [0.05, 0.1) is 18.3 Å². The van der Waals surface area contributed by atoms with Crippen molar-refractivity contribution in [3.63, 3.8) is 0 Å². The number of nitrogens with zero attached hydrogens (tertiary/aromatic N) is 6. The number of fused-ring (bicyclic) bond motifs is 3. The van der Waals surface area contributed by atoms with E-state index in [0.717, 1.165) is 47.2 Å². The molecule has 3 N–H and O–H groups in total. The van der Waals surface area contributed by atoms with Gasteiger partial charge in [0, 0.05) is 73.8 Å². The number of nitrogens with one attached hydrogen (secondary N) is 2. The molecule has 10 nitrogen and oxygen atoms in total. The topological polar surface area (TPSA) is 115 Å². The summed E-state index contributed by atoms with van der Waals surface area (Å²) >= 11 is 0. The fourth-order valence-corrected chi connectivity index (χ4v) is 7.83. The summed E-state index contributed by atoms with van der Waals surface area (Å²) in [6, 6.07) is 9.96. The Labute approximate surface area is 245 Å². The normalized spacial score (nSPS) is 22.7. The molecule has 10 heteroatoms. The van der Waals surface area contributed by atoms with Crippen LogP contribution < -0.4 is 10.2 Å². The Morgan fingerprint density at radius 3 is 2.55 bits per heavy atom. The molecule has 3 aromatic heterocycles. The number of aromatic nitrogens is 5. The van der Waals surface area contributed by atoms with Gasteiger partial charge in [0.15, 0.2) is 5.65 Å². The molecule has 1 saturated carbocycles. The Morgan fingerprint density at radius 1 is 1.05 bits per heavy atom. The van der Waals surface area contributed by atoms with Crippen LogP contribution in [-0.2, 0) is 11.2 Å². The van der Waals surface area contributed by atoms with Crippen LogP contribution in [0, 0.1) is 5.41 Å². The predicted molar refractivity (Wildman–Crippen MR) is 161 cm³/mol. The first-order valence-electron chi connectivity index (χ1n) is 15.3. The average molecular weight is 567 g/mol. The van der Waals surface area contributed by atoms with Gasteiger partial charge in [-0.05, 0) is 73.9 Å². The van der Waals surface area contributed by atoms with E-state index in [-0.39, 0.29) is 11.8 Å².